The number of fused-ring (bicyclic) bond motifs is 1. The molecule has 1 aliphatic heterocycles. The van der Waals surface area contributed by atoms with E-state index in [4.69, 9.17) is 5.11 Å². The number of nitrogens with one attached hydrogen (secondary N) is 2. The first-order valence-electron chi connectivity index (χ1n) is 8.86. The summed E-state index contributed by atoms with van der Waals surface area (Å²) in [4.78, 5) is 39.6. The molecule has 1 aromatic rings. The number of halogens is 2. The summed E-state index contributed by atoms with van der Waals surface area (Å²) in [6.45, 7) is 5.23. The van der Waals surface area contributed by atoms with Gasteiger partial charge in [0.25, 0.3) is 17.9 Å². The Labute approximate surface area is 176 Å². The third-order valence-corrected chi connectivity index (χ3v) is 4.72. The van der Waals surface area contributed by atoms with Crippen LogP contribution in [-0.4, -0.2) is 52.8 Å². The highest BCUT2D eigenvalue weighted by molar-refractivity contribution is 7.98. The van der Waals surface area contributed by atoms with E-state index in [1.165, 1.54) is 24.9 Å². The summed E-state index contributed by atoms with van der Waals surface area (Å²) in [6.07, 6.45) is 0.625. The Balaban J connectivity index is 0.000000329. The fourth-order valence-electron chi connectivity index (χ4n) is 2.25. The molecule has 1 aliphatic rings. The number of hydrogen-bond donors (Lipinski definition) is 4. The second-order valence-corrected chi connectivity index (χ2v) is 8.34. The van der Waals surface area contributed by atoms with E-state index < -0.39 is 36.0 Å². The number of aliphatic imine (C=N–C) groups is 1. The number of carboxylic acids is 1. The SMILES string of the molecule is CN=C(/C=C\C(C)(C)C)C(F)F.O=C(O)CNC(=O)c1c(O)c2c([nH]c1=O)CSC2. The third-order valence-electron chi connectivity index (χ3n) is 3.73. The van der Waals surface area contributed by atoms with Crippen molar-refractivity contribution in [3.63, 3.8) is 0 Å². The normalized spacial score (nSPS) is 13.8. The Morgan fingerprint density at radius 1 is 1.33 bits per heavy atom. The van der Waals surface area contributed by atoms with Crippen molar-refractivity contribution < 1.29 is 28.6 Å². The topological polar surface area (TPSA) is 132 Å². The van der Waals surface area contributed by atoms with E-state index in [-0.39, 0.29) is 16.9 Å². The van der Waals surface area contributed by atoms with Gasteiger partial charge < -0.3 is 20.5 Å². The molecular formula is C19H25F2N3O5S. The quantitative estimate of drug-likeness (QED) is 0.515. The zero-order chi connectivity index (χ0) is 23.1. The molecule has 1 amide bonds. The number of allylic oxidation sites excluding steroid dienone is 2. The molecule has 0 saturated heterocycles. The number of nitrogens with zero attached hydrogens (tertiary/aromatic N) is 1. The van der Waals surface area contributed by atoms with Crippen LogP contribution in [0.1, 0.15) is 42.4 Å². The number of hydrogen-bond acceptors (Lipinski definition) is 6. The first-order chi connectivity index (χ1) is 13.9. The van der Waals surface area contributed by atoms with Crippen molar-refractivity contribution in [1.82, 2.24) is 10.3 Å². The number of aliphatic carboxylic acids is 1. The van der Waals surface area contributed by atoms with E-state index in [2.05, 4.69) is 9.98 Å². The van der Waals surface area contributed by atoms with Crippen LogP contribution in [0, 0.1) is 5.41 Å². The van der Waals surface area contributed by atoms with Gasteiger partial charge in [-0.1, -0.05) is 26.8 Å². The Morgan fingerprint density at radius 2 is 1.97 bits per heavy atom. The predicted octanol–water partition coefficient (Wildman–Crippen LogP) is 2.57. The molecular weight excluding hydrogens is 420 g/mol. The van der Waals surface area contributed by atoms with Crippen molar-refractivity contribution in [3.8, 4) is 5.75 Å². The minimum Gasteiger partial charge on any atom is -0.507 e. The summed E-state index contributed by atoms with van der Waals surface area (Å²) in [6, 6.07) is 0. The van der Waals surface area contributed by atoms with Crippen LogP contribution in [0.5, 0.6) is 5.75 Å². The molecule has 0 spiro atoms. The Morgan fingerprint density at radius 3 is 2.47 bits per heavy atom. The third kappa shape index (κ3) is 7.62. The average molecular weight is 445 g/mol. The number of carbonyl (C=O) groups is 2. The molecule has 2 heterocycles. The second kappa shape index (κ2) is 10.9. The maximum Gasteiger partial charge on any atom is 0.322 e. The molecule has 0 bridgehead atoms. The summed E-state index contributed by atoms with van der Waals surface area (Å²) < 4.78 is 24.2. The lowest BCUT2D eigenvalue weighted by Gasteiger charge is -2.11. The number of aromatic nitrogens is 1. The number of H-pyrrole nitrogens is 1. The van der Waals surface area contributed by atoms with E-state index in [0.717, 1.165) is 0 Å². The first-order valence-corrected chi connectivity index (χ1v) is 10.0. The van der Waals surface area contributed by atoms with Crippen LogP contribution in [0.15, 0.2) is 21.9 Å². The van der Waals surface area contributed by atoms with Gasteiger partial charge in [0.2, 0.25) is 0 Å². The summed E-state index contributed by atoms with van der Waals surface area (Å²) in [5, 5.41) is 20.4. The van der Waals surface area contributed by atoms with Gasteiger partial charge in [-0.3, -0.25) is 19.4 Å². The molecule has 166 valence electrons. The number of rotatable bonds is 5. The summed E-state index contributed by atoms with van der Waals surface area (Å²) in [5.74, 6) is -1.39. The van der Waals surface area contributed by atoms with Gasteiger partial charge in [-0.05, 0) is 11.5 Å². The molecule has 1 aromatic heterocycles. The first kappa shape index (κ1) is 25.3. The van der Waals surface area contributed by atoms with E-state index in [1.807, 2.05) is 26.1 Å². The van der Waals surface area contributed by atoms with Crippen LogP contribution in [-0.2, 0) is 16.3 Å². The van der Waals surface area contributed by atoms with Gasteiger partial charge in [0, 0.05) is 29.8 Å². The standard InChI is InChI=1S/C10H10N2O5S.C9H15F2N/c13-6(14)1-11-9(16)7-8(15)4-2-18-3-5(4)12-10(7)17;1-9(2,3)6-5-7(12-4)8(10)11/h1-3H2,(H,11,16)(H,13,14)(H2,12,15,17);5-6,8H,1-4H3/b;6-5-,12-7?. The van der Waals surface area contributed by atoms with Crippen molar-refractivity contribution in [2.24, 2.45) is 10.4 Å². The van der Waals surface area contributed by atoms with Gasteiger partial charge in [-0.15, -0.1) is 0 Å². The lowest BCUT2D eigenvalue weighted by atomic mass is 9.96. The van der Waals surface area contributed by atoms with Crippen LogP contribution in [0.2, 0.25) is 0 Å². The van der Waals surface area contributed by atoms with Crippen LogP contribution in [0.3, 0.4) is 0 Å². The van der Waals surface area contributed by atoms with Gasteiger partial charge in [0.1, 0.15) is 17.9 Å². The fraction of sp³-hybridized carbons (Fsp3) is 0.474. The summed E-state index contributed by atoms with van der Waals surface area (Å²) in [7, 11) is 1.37. The minimum atomic E-state index is -2.48. The van der Waals surface area contributed by atoms with E-state index in [1.54, 1.807) is 6.08 Å². The van der Waals surface area contributed by atoms with Gasteiger partial charge in [0.05, 0.1) is 5.71 Å². The van der Waals surface area contributed by atoms with E-state index >= 15 is 0 Å². The van der Waals surface area contributed by atoms with Crippen LogP contribution >= 0.6 is 11.8 Å². The van der Waals surface area contributed by atoms with Crippen molar-refractivity contribution in [1.29, 1.82) is 0 Å². The van der Waals surface area contributed by atoms with Crippen molar-refractivity contribution in [2.75, 3.05) is 13.6 Å². The molecule has 8 nitrogen and oxygen atoms in total. The lowest BCUT2D eigenvalue weighted by molar-refractivity contribution is -0.135. The number of amides is 1. The Bertz CT molecular complexity index is 905. The molecule has 0 unspecified atom stereocenters. The number of thioether (sulfide) groups is 1. The number of carbonyl (C=O) groups excluding carboxylic acids is 1. The van der Waals surface area contributed by atoms with Gasteiger partial charge >= 0.3 is 5.97 Å². The van der Waals surface area contributed by atoms with Crippen molar-refractivity contribution in [2.45, 2.75) is 38.7 Å². The molecule has 30 heavy (non-hydrogen) atoms. The van der Waals surface area contributed by atoms with E-state index in [9.17, 15) is 28.3 Å². The molecule has 0 fully saturated rings. The van der Waals surface area contributed by atoms with Gasteiger partial charge in [0.15, 0.2) is 0 Å². The number of pyridine rings is 1. The highest BCUT2D eigenvalue weighted by Gasteiger charge is 2.25. The molecule has 0 aliphatic carbocycles. The molecule has 11 heteroatoms. The maximum absolute atomic E-state index is 12.1. The summed E-state index contributed by atoms with van der Waals surface area (Å²) >= 11 is 1.51. The molecule has 0 saturated carbocycles. The zero-order valence-corrected chi connectivity index (χ0v) is 17.9. The predicted molar refractivity (Wildman–Crippen MR) is 112 cm³/mol. The molecule has 0 atom stereocenters. The molecule has 0 radical (unpaired) electrons. The second-order valence-electron chi connectivity index (χ2n) is 7.35. The highest BCUT2D eigenvalue weighted by Crippen LogP contribution is 2.34. The number of carboxylic acid groups (broad SMARTS) is 1. The fourth-order valence-corrected chi connectivity index (χ4v) is 3.31. The van der Waals surface area contributed by atoms with E-state index in [0.29, 0.717) is 22.8 Å². The number of aromatic hydroxyl groups is 1. The Kier molecular flexibility index (Phi) is 9.22. The van der Waals surface area contributed by atoms with Gasteiger partial charge in [-0.2, -0.15) is 11.8 Å². The van der Waals surface area contributed by atoms with Crippen LogP contribution in [0.4, 0.5) is 8.78 Å². The maximum atomic E-state index is 12.1. The monoisotopic (exact) mass is 445 g/mol. The van der Waals surface area contributed by atoms with Crippen molar-refractivity contribution >= 4 is 29.4 Å². The lowest BCUT2D eigenvalue weighted by Crippen LogP contribution is -2.33. The molecule has 4 N–H and O–H groups in total. The van der Waals surface area contributed by atoms with Crippen LogP contribution < -0.4 is 10.9 Å². The van der Waals surface area contributed by atoms with Crippen LogP contribution in [0.25, 0.3) is 0 Å². The molecule has 0 aromatic carbocycles. The van der Waals surface area contributed by atoms with Crippen molar-refractivity contribution in [3.05, 3.63) is 39.3 Å². The molecule has 2 rings (SSSR count). The Hall–Kier alpha value is -2.69. The average Bonchev–Trinajstić information content (AvgIpc) is 3.08. The largest absolute Gasteiger partial charge is 0.507 e. The summed E-state index contributed by atoms with van der Waals surface area (Å²) in [5.41, 5.74) is -0.249. The minimum absolute atomic E-state index is 0.0785. The highest BCUT2D eigenvalue weighted by atomic mass is 32.2. The number of alkyl halides is 2. The smallest absolute Gasteiger partial charge is 0.322 e. The van der Waals surface area contributed by atoms with Gasteiger partial charge in [-0.25, -0.2) is 8.78 Å². The zero-order valence-electron chi connectivity index (χ0n) is 17.1. The number of aromatic amines is 1.